The van der Waals surface area contributed by atoms with Crippen molar-refractivity contribution < 1.29 is 19.2 Å². The zero-order valence-electron chi connectivity index (χ0n) is 17.1. The molecule has 0 N–H and O–H groups in total. The van der Waals surface area contributed by atoms with Crippen LogP contribution in [-0.4, -0.2) is 72.3 Å². The molecule has 150 valence electrons. The van der Waals surface area contributed by atoms with Crippen molar-refractivity contribution in [3.05, 3.63) is 35.9 Å². The number of hydrogen-bond donors (Lipinski definition) is 0. The van der Waals surface area contributed by atoms with Gasteiger partial charge in [0.2, 0.25) is 0 Å². The summed E-state index contributed by atoms with van der Waals surface area (Å²) >= 11 is 0. The van der Waals surface area contributed by atoms with E-state index in [0.717, 1.165) is 5.56 Å². The molecule has 0 saturated carbocycles. The van der Waals surface area contributed by atoms with Gasteiger partial charge in [0.25, 0.3) is 5.91 Å². The minimum absolute atomic E-state index is 0.122. The molecular formula is C20H31N3O4. The van der Waals surface area contributed by atoms with Crippen LogP contribution in [0.2, 0.25) is 0 Å². The van der Waals surface area contributed by atoms with Gasteiger partial charge in [-0.05, 0) is 39.8 Å². The summed E-state index contributed by atoms with van der Waals surface area (Å²) < 4.78 is 5.52. The number of hydrogen-bond acceptors (Lipinski definition) is 5. The molecule has 27 heavy (non-hydrogen) atoms. The number of hydroxylamine groups is 2. The predicted octanol–water partition coefficient (Wildman–Crippen LogP) is 2.52. The number of carbonyl (C=O) groups excluding carboxylic acids is 2. The highest BCUT2D eigenvalue weighted by atomic mass is 16.7. The van der Waals surface area contributed by atoms with Crippen LogP contribution in [0, 0.1) is 0 Å². The van der Waals surface area contributed by atoms with E-state index in [1.807, 2.05) is 46.0 Å². The van der Waals surface area contributed by atoms with Gasteiger partial charge in [-0.15, -0.1) is 0 Å². The summed E-state index contributed by atoms with van der Waals surface area (Å²) in [6, 6.07) is 9.28. The molecule has 1 saturated heterocycles. The molecule has 0 bridgehead atoms. The summed E-state index contributed by atoms with van der Waals surface area (Å²) in [6.07, 6.45) is 0.220. The number of amides is 2. The maximum atomic E-state index is 12.9. The van der Waals surface area contributed by atoms with E-state index in [1.54, 1.807) is 7.05 Å². The number of ether oxygens (including phenoxy) is 1. The molecule has 7 nitrogen and oxygen atoms in total. The fourth-order valence-corrected chi connectivity index (χ4v) is 3.33. The van der Waals surface area contributed by atoms with Gasteiger partial charge < -0.3 is 4.74 Å². The summed E-state index contributed by atoms with van der Waals surface area (Å²) in [5.41, 5.74) is 0.535. The minimum Gasteiger partial charge on any atom is -0.444 e. The molecular weight excluding hydrogens is 346 g/mol. The Morgan fingerprint density at radius 3 is 2.37 bits per heavy atom. The van der Waals surface area contributed by atoms with Crippen LogP contribution in [-0.2, 0) is 20.9 Å². The summed E-state index contributed by atoms with van der Waals surface area (Å²) in [5, 5.41) is 1.18. The fourth-order valence-electron chi connectivity index (χ4n) is 3.33. The normalized spacial score (nSPS) is 20.0. The molecule has 1 aliphatic rings. The molecule has 1 aromatic carbocycles. The fraction of sp³-hybridized carbons (Fsp3) is 0.600. The monoisotopic (exact) mass is 377 g/mol. The van der Waals surface area contributed by atoms with Crippen molar-refractivity contribution >= 4 is 12.0 Å². The van der Waals surface area contributed by atoms with Crippen LogP contribution < -0.4 is 0 Å². The lowest BCUT2D eigenvalue weighted by Crippen LogP contribution is -2.54. The third-order valence-electron chi connectivity index (χ3n) is 4.67. The highest BCUT2D eigenvalue weighted by Crippen LogP contribution is 2.27. The molecule has 1 fully saturated rings. The molecule has 1 heterocycles. The lowest BCUT2D eigenvalue weighted by Gasteiger charge is -2.34. The summed E-state index contributed by atoms with van der Waals surface area (Å²) in [4.78, 5) is 34.4. The second kappa shape index (κ2) is 8.71. The van der Waals surface area contributed by atoms with Crippen LogP contribution in [0.25, 0.3) is 0 Å². The number of nitrogens with zero attached hydrogens (tertiary/aromatic N) is 3. The van der Waals surface area contributed by atoms with Crippen LogP contribution in [0.1, 0.15) is 32.8 Å². The zero-order chi connectivity index (χ0) is 20.2. The van der Waals surface area contributed by atoms with Crippen molar-refractivity contribution in [3.63, 3.8) is 0 Å². The van der Waals surface area contributed by atoms with E-state index >= 15 is 0 Å². The van der Waals surface area contributed by atoms with E-state index in [9.17, 15) is 9.59 Å². The van der Waals surface area contributed by atoms with Gasteiger partial charge in [0.1, 0.15) is 11.6 Å². The maximum absolute atomic E-state index is 12.9. The lowest BCUT2D eigenvalue weighted by atomic mass is 10.1. The van der Waals surface area contributed by atoms with Crippen LogP contribution in [0.15, 0.2) is 30.3 Å². The Bertz CT molecular complexity index is 644. The van der Waals surface area contributed by atoms with Crippen LogP contribution in [0.3, 0.4) is 0 Å². The van der Waals surface area contributed by atoms with Gasteiger partial charge in [0, 0.05) is 26.2 Å². The molecule has 1 aromatic rings. The van der Waals surface area contributed by atoms with Crippen LogP contribution in [0.4, 0.5) is 4.79 Å². The van der Waals surface area contributed by atoms with E-state index < -0.39 is 17.7 Å². The molecule has 7 heteroatoms. The molecule has 0 radical (unpaired) electrons. The van der Waals surface area contributed by atoms with Gasteiger partial charge in [-0.1, -0.05) is 30.3 Å². The number of likely N-dealkylation sites (N-methyl/N-ethyl adjacent to an activating group) is 2. The third-order valence-corrected chi connectivity index (χ3v) is 4.67. The lowest BCUT2D eigenvalue weighted by molar-refractivity contribution is -0.175. The Morgan fingerprint density at radius 1 is 1.19 bits per heavy atom. The Hall–Kier alpha value is -2.12. The van der Waals surface area contributed by atoms with Crippen molar-refractivity contribution in [1.29, 1.82) is 0 Å². The Balaban J connectivity index is 2.22. The van der Waals surface area contributed by atoms with Gasteiger partial charge in [-0.25, -0.2) is 9.86 Å². The van der Waals surface area contributed by atoms with Crippen molar-refractivity contribution in [2.45, 2.75) is 51.4 Å². The Labute approximate surface area is 161 Å². The number of benzene rings is 1. The summed E-state index contributed by atoms with van der Waals surface area (Å²) in [5.74, 6) is -0.259. The third kappa shape index (κ3) is 5.43. The second-order valence-electron chi connectivity index (χ2n) is 7.89. The first-order valence-electron chi connectivity index (χ1n) is 9.19. The van der Waals surface area contributed by atoms with Gasteiger partial charge in [-0.2, -0.15) is 0 Å². The first kappa shape index (κ1) is 21.2. The largest absolute Gasteiger partial charge is 0.444 e. The van der Waals surface area contributed by atoms with E-state index in [2.05, 4.69) is 17.0 Å². The van der Waals surface area contributed by atoms with E-state index in [1.165, 1.54) is 17.1 Å². The van der Waals surface area contributed by atoms with Gasteiger partial charge >= 0.3 is 6.09 Å². The highest BCUT2D eigenvalue weighted by Gasteiger charge is 2.46. The average molecular weight is 377 g/mol. The number of likely N-dealkylation sites (tertiary alicyclic amines) is 1. The second-order valence-corrected chi connectivity index (χ2v) is 7.89. The molecule has 2 amide bonds. The topological polar surface area (TPSA) is 62.3 Å². The molecule has 0 aliphatic carbocycles. The van der Waals surface area contributed by atoms with E-state index in [0.29, 0.717) is 19.5 Å². The molecule has 0 aromatic heterocycles. The predicted molar refractivity (Wildman–Crippen MR) is 103 cm³/mol. The highest BCUT2D eigenvalue weighted by molar-refractivity contribution is 5.86. The van der Waals surface area contributed by atoms with Crippen molar-refractivity contribution in [2.75, 3.05) is 27.7 Å². The van der Waals surface area contributed by atoms with Gasteiger partial charge in [0.05, 0.1) is 7.11 Å². The zero-order valence-corrected chi connectivity index (χ0v) is 17.1. The van der Waals surface area contributed by atoms with E-state index in [4.69, 9.17) is 9.57 Å². The molecule has 0 unspecified atom stereocenters. The van der Waals surface area contributed by atoms with Crippen molar-refractivity contribution in [1.82, 2.24) is 14.9 Å². The number of rotatable bonds is 5. The van der Waals surface area contributed by atoms with Crippen LogP contribution >= 0.6 is 0 Å². The maximum Gasteiger partial charge on any atom is 0.411 e. The molecule has 1 aliphatic heterocycles. The smallest absolute Gasteiger partial charge is 0.411 e. The summed E-state index contributed by atoms with van der Waals surface area (Å²) in [6.45, 7) is 6.61. The van der Waals surface area contributed by atoms with Crippen molar-refractivity contribution in [3.8, 4) is 0 Å². The first-order chi connectivity index (χ1) is 12.6. The van der Waals surface area contributed by atoms with Crippen molar-refractivity contribution in [2.24, 2.45) is 0 Å². The number of carbonyl (C=O) groups is 2. The average Bonchev–Trinajstić information content (AvgIpc) is 3.05. The quantitative estimate of drug-likeness (QED) is 0.738. The Morgan fingerprint density at radius 2 is 1.81 bits per heavy atom. The molecule has 2 atom stereocenters. The standard InChI is InChI=1S/C20H31N3O4/c1-20(2,3)27-19(25)23-13-12-16(17(23)18(24)22(5)26-6)21(4)14-15-10-8-7-9-11-15/h7-11,16-17H,12-14H2,1-6H3/t16-,17+/m1/s1. The van der Waals surface area contributed by atoms with Gasteiger partial charge in [0.15, 0.2) is 0 Å². The first-order valence-corrected chi connectivity index (χ1v) is 9.19. The molecule has 2 rings (SSSR count). The van der Waals surface area contributed by atoms with E-state index in [-0.39, 0.29) is 11.9 Å². The summed E-state index contributed by atoms with van der Waals surface area (Å²) in [7, 11) is 4.97. The van der Waals surface area contributed by atoms with Crippen LogP contribution in [0.5, 0.6) is 0 Å². The SMILES string of the molecule is CON(C)C(=O)[C@@H]1[C@H](N(C)Cc2ccccc2)CCN1C(=O)OC(C)(C)C. The molecule has 0 spiro atoms. The van der Waals surface area contributed by atoms with Gasteiger partial charge in [-0.3, -0.25) is 19.4 Å². The Kier molecular flexibility index (Phi) is 6.84. The minimum atomic E-state index is -0.654.